The molecule has 0 heterocycles. The third-order valence-electron chi connectivity index (χ3n) is 3.40. The lowest BCUT2D eigenvalue weighted by atomic mass is 10.2. The third kappa shape index (κ3) is 6.27. The first kappa shape index (κ1) is 17.7. The van der Waals surface area contributed by atoms with Crippen molar-refractivity contribution in [1.82, 2.24) is 9.62 Å². The number of carbonyl (C=O) groups excluding carboxylic acids is 1. The topological polar surface area (TPSA) is 66.5 Å². The van der Waals surface area contributed by atoms with Crippen LogP contribution in [-0.2, 0) is 21.4 Å². The molecule has 0 spiro atoms. The molecular formula is C15H24N2O3S. The average Bonchev–Trinajstić information content (AvgIpc) is 2.44. The standard InChI is InChI=1S/C15H24N2O3S/c1-4-13(2)17(21(3,19)20)11-10-15(18)16-12-14-8-6-5-7-9-14/h5-9,13H,4,10-12H2,1-3H3,(H,16,18). The largest absolute Gasteiger partial charge is 0.352 e. The van der Waals surface area contributed by atoms with E-state index in [1.807, 2.05) is 44.2 Å². The van der Waals surface area contributed by atoms with Crippen molar-refractivity contribution < 1.29 is 13.2 Å². The van der Waals surface area contributed by atoms with Crippen molar-refractivity contribution in [2.45, 2.75) is 39.3 Å². The predicted molar refractivity (Wildman–Crippen MR) is 84.2 cm³/mol. The van der Waals surface area contributed by atoms with Crippen LogP contribution in [0.2, 0.25) is 0 Å². The Morgan fingerprint density at radius 2 is 1.90 bits per heavy atom. The first-order valence-corrected chi connectivity index (χ1v) is 8.97. The molecule has 1 amide bonds. The summed E-state index contributed by atoms with van der Waals surface area (Å²) in [5.74, 6) is -0.143. The molecule has 0 saturated carbocycles. The summed E-state index contributed by atoms with van der Waals surface area (Å²) in [6, 6.07) is 9.51. The van der Waals surface area contributed by atoms with Crippen LogP contribution >= 0.6 is 0 Å². The first-order valence-electron chi connectivity index (χ1n) is 7.12. The fraction of sp³-hybridized carbons (Fsp3) is 0.533. The van der Waals surface area contributed by atoms with Gasteiger partial charge in [0.25, 0.3) is 0 Å². The van der Waals surface area contributed by atoms with Gasteiger partial charge in [0.05, 0.1) is 6.26 Å². The summed E-state index contributed by atoms with van der Waals surface area (Å²) in [6.45, 7) is 4.46. The average molecular weight is 312 g/mol. The number of amides is 1. The number of carbonyl (C=O) groups is 1. The molecule has 0 radical (unpaired) electrons. The van der Waals surface area contributed by atoms with Gasteiger partial charge in [0.1, 0.15) is 0 Å². The second kappa shape index (κ2) is 8.14. The smallest absolute Gasteiger partial charge is 0.221 e. The molecule has 0 aliphatic heterocycles. The van der Waals surface area contributed by atoms with Crippen LogP contribution in [0.3, 0.4) is 0 Å². The van der Waals surface area contributed by atoms with Crippen LogP contribution in [0.25, 0.3) is 0 Å². The molecule has 1 atom stereocenters. The van der Waals surface area contributed by atoms with Crippen LogP contribution in [0.5, 0.6) is 0 Å². The molecule has 118 valence electrons. The minimum absolute atomic E-state index is 0.0954. The van der Waals surface area contributed by atoms with Gasteiger partial charge in [-0.15, -0.1) is 0 Å². The maximum atomic E-state index is 11.8. The molecule has 0 fully saturated rings. The van der Waals surface area contributed by atoms with E-state index in [2.05, 4.69) is 5.32 Å². The van der Waals surface area contributed by atoms with Crippen molar-refractivity contribution in [3.63, 3.8) is 0 Å². The van der Waals surface area contributed by atoms with E-state index < -0.39 is 10.0 Å². The molecule has 0 aliphatic carbocycles. The molecule has 0 saturated heterocycles. The summed E-state index contributed by atoms with van der Waals surface area (Å²) in [6.07, 6.45) is 2.07. The van der Waals surface area contributed by atoms with Crippen LogP contribution < -0.4 is 5.32 Å². The highest BCUT2D eigenvalue weighted by atomic mass is 32.2. The fourth-order valence-electron chi connectivity index (χ4n) is 2.01. The summed E-state index contributed by atoms with van der Waals surface area (Å²) < 4.78 is 24.8. The normalized spacial score (nSPS) is 13.1. The highest BCUT2D eigenvalue weighted by Gasteiger charge is 2.22. The highest BCUT2D eigenvalue weighted by Crippen LogP contribution is 2.09. The van der Waals surface area contributed by atoms with Gasteiger partial charge in [0.15, 0.2) is 0 Å². The second-order valence-electron chi connectivity index (χ2n) is 5.14. The number of rotatable bonds is 8. The number of sulfonamides is 1. The van der Waals surface area contributed by atoms with Crippen LogP contribution in [-0.4, -0.2) is 37.5 Å². The Balaban J connectivity index is 2.47. The monoisotopic (exact) mass is 312 g/mol. The van der Waals surface area contributed by atoms with Crippen LogP contribution in [0, 0.1) is 0 Å². The van der Waals surface area contributed by atoms with Crippen molar-refractivity contribution in [2.24, 2.45) is 0 Å². The highest BCUT2D eigenvalue weighted by molar-refractivity contribution is 7.88. The van der Waals surface area contributed by atoms with E-state index in [0.717, 1.165) is 12.0 Å². The lowest BCUT2D eigenvalue weighted by Crippen LogP contribution is -2.40. The van der Waals surface area contributed by atoms with Gasteiger partial charge in [-0.25, -0.2) is 8.42 Å². The van der Waals surface area contributed by atoms with Crippen LogP contribution in [0.1, 0.15) is 32.3 Å². The van der Waals surface area contributed by atoms with E-state index in [1.54, 1.807) is 0 Å². The lowest BCUT2D eigenvalue weighted by molar-refractivity contribution is -0.121. The number of nitrogens with zero attached hydrogens (tertiary/aromatic N) is 1. The maximum absolute atomic E-state index is 11.8. The Hall–Kier alpha value is -1.40. The van der Waals surface area contributed by atoms with E-state index in [4.69, 9.17) is 0 Å². The molecule has 6 heteroatoms. The zero-order valence-corrected chi connectivity index (χ0v) is 13.7. The quantitative estimate of drug-likeness (QED) is 0.795. The van der Waals surface area contributed by atoms with Gasteiger partial charge in [-0.2, -0.15) is 4.31 Å². The van der Waals surface area contributed by atoms with E-state index in [1.165, 1.54) is 10.6 Å². The predicted octanol–water partition coefficient (Wildman–Crippen LogP) is 1.75. The van der Waals surface area contributed by atoms with Gasteiger partial charge >= 0.3 is 0 Å². The zero-order valence-electron chi connectivity index (χ0n) is 12.9. The molecule has 1 aromatic rings. The molecule has 1 unspecified atom stereocenters. The lowest BCUT2D eigenvalue weighted by Gasteiger charge is -2.25. The Bertz CT molecular complexity index is 543. The van der Waals surface area contributed by atoms with Crippen molar-refractivity contribution in [3.8, 4) is 0 Å². The summed E-state index contributed by atoms with van der Waals surface area (Å²) in [4.78, 5) is 11.8. The Kier molecular flexibility index (Phi) is 6.84. The van der Waals surface area contributed by atoms with Gasteiger partial charge in [0, 0.05) is 25.6 Å². The van der Waals surface area contributed by atoms with Crippen LogP contribution in [0.4, 0.5) is 0 Å². The molecule has 0 bridgehead atoms. The Labute approximate surface area is 127 Å². The summed E-state index contributed by atoms with van der Waals surface area (Å²) in [5.41, 5.74) is 1.02. The van der Waals surface area contributed by atoms with Crippen molar-refractivity contribution in [1.29, 1.82) is 0 Å². The SMILES string of the molecule is CCC(C)N(CCC(=O)NCc1ccccc1)S(C)(=O)=O. The maximum Gasteiger partial charge on any atom is 0.221 e. The zero-order chi connectivity index (χ0) is 15.9. The van der Waals surface area contributed by atoms with Gasteiger partial charge in [-0.3, -0.25) is 4.79 Å². The molecular weight excluding hydrogens is 288 g/mol. The van der Waals surface area contributed by atoms with E-state index in [9.17, 15) is 13.2 Å². The first-order chi connectivity index (χ1) is 9.84. The van der Waals surface area contributed by atoms with Gasteiger partial charge in [-0.1, -0.05) is 37.3 Å². The minimum atomic E-state index is -3.29. The number of hydrogen-bond donors (Lipinski definition) is 1. The molecule has 1 rings (SSSR count). The van der Waals surface area contributed by atoms with E-state index >= 15 is 0 Å². The fourth-order valence-corrected chi connectivity index (χ4v) is 3.24. The van der Waals surface area contributed by atoms with Crippen molar-refractivity contribution in [2.75, 3.05) is 12.8 Å². The Morgan fingerprint density at radius 1 is 1.29 bits per heavy atom. The number of benzene rings is 1. The minimum Gasteiger partial charge on any atom is -0.352 e. The van der Waals surface area contributed by atoms with Gasteiger partial charge in [0.2, 0.25) is 15.9 Å². The number of hydrogen-bond acceptors (Lipinski definition) is 3. The summed E-state index contributed by atoms with van der Waals surface area (Å²) in [7, 11) is -3.29. The summed E-state index contributed by atoms with van der Waals surface area (Å²) >= 11 is 0. The summed E-state index contributed by atoms with van der Waals surface area (Å²) in [5, 5.41) is 2.80. The molecule has 21 heavy (non-hydrogen) atoms. The number of nitrogens with one attached hydrogen (secondary N) is 1. The van der Waals surface area contributed by atoms with Crippen molar-refractivity contribution >= 4 is 15.9 Å². The molecule has 5 nitrogen and oxygen atoms in total. The third-order valence-corrected chi connectivity index (χ3v) is 4.79. The van der Waals surface area contributed by atoms with E-state index in [0.29, 0.717) is 6.54 Å². The molecule has 1 aromatic carbocycles. The van der Waals surface area contributed by atoms with E-state index in [-0.39, 0.29) is 24.9 Å². The molecule has 0 aromatic heterocycles. The van der Waals surface area contributed by atoms with Crippen molar-refractivity contribution in [3.05, 3.63) is 35.9 Å². The molecule has 0 aliphatic rings. The van der Waals surface area contributed by atoms with Gasteiger partial charge < -0.3 is 5.32 Å². The second-order valence-corrected chi connectivity index (χ2v) is 7.08. The Morgan fingerprint density at radius 3 is 2.43 bits per heavy atom. The van der Waals surface area contributed by atoms with Gasteiger partial charge in [-0.05, 0) is 18.9 Å². The van der Waals surface area contributed by atoms with Crippen LogP contribution in [0.15, 0.2) is 30.3 Å². The molecule has 1 N–H and O–H groups in total.